The molecule has 3 nitrogen and oxygen atoms in total. The van der Waals surface area contributed by atoms with E-state index < -0.39 is 0 Å². The molecule has 0 atom stereocenters. The summed E-state index contributed by atoms with van der Waals surface area (Å²) < 4.78 is 0. The van der Waals surface area contributed by atoms with Gasteiger partial charge >= 0.3 is 0 Å². The molecule has 1 aliphatic heterocycles. The van der Waals surface area contributed by atoms with E-state index in [0.717, 1.165) is 5.69 Å². The van der Waals surface area contributed by atoms with Gasteiger partial charge < -0.3 is 10.3 Å². The van der Waals surface area contributed by atoms with Crippen LogP contribution >= 0.6 is 0 Å². The molecule has 0 spiro atoms. The van der Waals surface area contributed by atoms with Gasteiger partial charge in [0.05, 0.1) is 0 Å². The molecule has 0 aliphatic carbocycles. The highest BCUT2D eigenvalue weighted by atomic mass is 15.2. The largest absolute Gasteiger partial charge is 0.372 e. The van der Waals surface area contributed by atoms with E-state index >= 15 is 0 Å². The van der Waals surface area contributed by atoms with Gasteiger partial charge in [-0.2, -0.15) is 0 Å². The Kier molecular flexibility index (Phi) is 2.36. The van der Waals surface area contributed by atoms with Crippen molar-refractivity contribution in [1.29, 1.82) is 0 Å². The van der Waals surface area contributed by atoms with Crippen molar-refractivity contribution >= 4 is 11.4 Å². The van der Waals surface area contributed by atoms with Crippen LogP contribution in [-0.2, 0) is 0 Å². The number of nitrogens with zero attached hydrogens (tertiary/aromatic N) is 1. The molecular formula is C10H15N3. The zero-order chi connectivity index (χ0) is 9.10. The summed E-state index contributed by atoms with van der Waals surface area (Å²) in [6, 6.07) is 8.24. The Hall–Kier alpha value is -1.22. The Morgan fingerprint density at radius 1 is 1.08 bits per heavy atom. The summed E-state index contributed by atoms with van der Waals surface area (Å²) in [5, 5.41) is 0. The van der Waals surface area contributed by atoms with Crippen LogP contribution in [-0.4, -0.2) is 13.1 Å². The van der Waals surface area contributed by atoms with E-state index in [1.807, 2.05) is 12.1 Å². The molecular weight excluding hydrogens is 162 g/mol. The van der Waals surface area contributed by atoms with Gasteiger partial charge in [0.1, 0.15) is 0 Å². The molecule has 1 fully saturated rings. The minimum absolute atomic E-state index is 0.961. The van der Waals surface area contributed by atoms with Crippen molar-refractivity contribution in [2.75, 3.05) is 23.4 Å². The topological polar surface area (TPSA) is 41.3 Å². The zero-order valence-electron chi connectivity index (χ0n) is 7.66. The maximum Gasteiger partial charge on any atom is 0.0486 e. The van der Waals surface area contributed by atoms with Crippen molar-refractivity contribution in [1.82, 2.24) is 0 Å². The summed E-state index contributed by atoms with van der Waals surface area (Å²) in [6.07, 6.45) is 2.63. The molecule has 0 unspecified atom stereocenters. The van der Waals surface area contributed by atoms with E-state index in [1.54, 1.807) is 0 Å². The van der Waals surface area contributed by atoms with E-state index in [1.165, 1.54) is 31.6 Å². The van der Waals surface area contributed by atoms with E-state index in [-0.39, 0.29) is 0 Å². The van der Waals surface area contributed by atoms with Crippen molar-refractivity contribution in [2.45, 2.75) is 12.8 Å². The Labute approximate surface area is 78.5 Å². The SMILES string of the molecule is NNc1ccc(N2CCCC2)cc1. The first-order valence-electron chi connectivity index (χ1n) is 4.72. The van der Waals surface area contributed by atoms with Gasteiger partial charge in [0.15, 0.2) is 0 Å². The fourth-order valence-corrected chi connectivity index (χ4v) is 1.74. The molecule has 0 saturated carbocycles. The van der Waals surface area contributed by atoms with E-state index in [9.17, 15) is 0 Å². The molecule has 3 heteroatoms. The van der Waals surface area contributed by atoms with Gasteiger partial charge in [-0.25, -0.2) is 0 Å². The summed E-state index contributed by atoms with van der Waals surface area (Å²) >= 11 is 0. The number of benzene rings is 1. The first-order valence-corrected chi connectivity index (χ1v) is 4.72. The predicted molar refractivity (Wildman–Crippen MR) is 55.7 cm³/mol. The van der Waals surface area contributed by atoms with Crippen LogP contribution in [0.15, 0.2) is 24.3 Å². The number of nitrogens with two attached hydrogens (primary N) is 1. The van der Waals surface area contributed by atoms with Crippen molar-refractivity contribution in [3.05, 3.63) is 24.3 Å². The lowest BCUT2D eigenvalue weighted by Gasteiger charge is -2.17. The second kappa shape index (κ2) is 3.66. The van der Waals surface area contributed by atoms with Gasteiger partial charge in [0.25, 0.3) is 0 Å². The Morgan fingerprint density at radius 3 is 2.23 bits per heavy atom. The molecule has 70 valence electrons. The van der Waals surface area contributed by atoms with Crippen LogP contribution in [0.4, 0.5) is 11.4 Å². The van der Waals surface area contributed by atoms with Crippen molar-refractivity contribution in [2.24, 2.45) is 5.84 Å². The molecule has 0 amide bonds. The molecule has 1 aromatic carbocycles. The van der Waals surface area contributed by atoms with E-state index in [0.29, 0.717) is 0 Å². The maximum absolute atomic E-state index is 5.29. The average molecular weight is 177 g/mol. The van der Waals surface area contributed by atoms with Crippen LogP contribution < -0.4 is 16.2 Å². The monoisotopic (exact) mass is 177 g/mol. The van der Waals surface area contributed by atoms with Crippen LogP contribution in [0.25, 0.3) is 0 Å². The summed E-state index contributed by atoms with van der Waals surface area (Å²) in [4.78, 5) is 2.40. The standard InChI is InChI=1S/C10H15N3/c11-12-9-3-5-10(6-4-9)13-7-1-2-8-13/h3-6,12H,1-2,7-8,11H2. The molecule has 1 saturated heterocycles. The first-order chi connectivity index (χ1) is 6.40. The van der Waals surface area contributed by atoms with E-state index in [2.05, 4.69) is 22.5 Å². The number of hydrazine groups is 1. The third kappa shape index (κ3) is 1.75. The second-order valence-electron chi connectivity index (χ2n) is 3.39. The molecule has 0 aromatic heterocycles. The lowest BCUT2D eigenvalue weighted by molar-refractivity contribution is 0.949. The summed E-state index contributed by atoms with van der Waals surface area (Å²) in [7, 11) is 0. The highest BCUT2D eigenvalue weighted by Crippen LogP contribution is 2.21. The number of anilines is 2. The number of hydrogen-bond acceptors (Lipinski definition) is 3. The van der Waals surface area contributed by atoms with Gasteiger partial charge in [0.2, 0.25) is 0 Å². The Bertz CT molecular complexity index is 262. The second-order valence-corrected chi connectivity index (χ2v) is 3.39. The maximum atomic E-state index is 5.29. The third-order valence-electron chi connectivity index (χ3n) is 2.51. The predicted octanol–water partition coefficient (Wildman–Crippen LogP) is 1.57. The van der Waals surface area contributed by atoms with Crippen LogP contribution in [0.2, 0.25) is 0 Å². The van der Waals surface area contributed by atoms with Crippen molar-refractivity contribution in [3.8, 4) is 0 Å². The van der Waals surface area contributed by atoms with Gasteiger partial charge in [-0.05, 0) is 37.1 Å². The highest BCUT2D eigenvalue weighted by molar-refractivity contribution is 5.54. The molecule has 1 aromatic rings. The Morgan fingerprint density at radius 2 is 1.69 bits per heavy atom. The quantitative estimate of drug-likeness (QED) is 0.532. The normalized spacial score (nSPS) is 16.2. The Balaban J connectivity index is 2.12. The lowest BCUT2D eigenvalue weighted by atomic mass is 10.2. The summed E-state index contributed by atoms with van der Waals surface area (Å²) in [5.74, 6) is 5.29. The number of nitrogens with one attached hydrogen (secondary N) is 1. The van der Waals surface area contributed by atoms with Crippen LogP contribution in [0.1, 0.15) is 12.8 Å². The van der Waals surface area contributed by atoms with E-state index in [4.69, 9.17) is 5.84 Å². The lowest BCUT2D eigenvalue weighted by Crippen LogP contribution is -2.17. The molecule has 0 bridgehead atoms. The molecule has 0 radical (unpaired) electrons. The van der Waals surface area contributed by atoms with Crippen LogP contribution in [0, 0.1) is 0 Å². The van der Waals surface area contributed by atoms with Gasteiger partial charge in [-0.3, -0.25) is 5.84 Å². The number of rotatable bonds is 2. The summed E-state index contributed by atoms with van der Waals surface area (Å²) in [6.45, 7) is 2.38. The van der Waals surface area contributed by atoms with Gasteiger partial charge in [-0.1, -0.05) is 0 Å². The third-order valence-corrected chi connectivity index (χ3v) is 2.51. The molecule has 1 heterocycles. The molecule has 2 rings (SSSR count). The number of hydrogen-bond donors (Lipinski definition) is 2. The molecule has 3 N–H and O–H groups in total. The molecule has 13 heavy (non-hydrogen) atoms. The smallest absolute Gasteiger partial charge is 0.0486 e. The van der Waals surface area contributed by atoms with Crippen molar-refractivity contribution in [3.63, 3.8) is 0 Å². The van der Waals surface area contributed by atoms with Crippen molar-refractivity contribution < 1.29 is 0 Å². The van der Waals surface area contributed by atoms with Gasteiger partial charge in [0, 0.05) is 24.5 Å². The minimum atomic E-state index is 0.961. The fraction of sp³-hybridized carbons (Fsp3) is 0.400. The zero-order valence-corrected chi connectivity index (χ0v) is 7.66. The minimum Gasteiger partial charge on any atom is -0.372 e. The highest BCUT2D eigenvalue weighted by Gasteiger charge is 2.11. The first kappa shape index (κ1) is 8.38. The fourth-order valence-electron chi connectivity index (χ4n) is 1.74. The number of nitrogen functional groups attached to an aromatic ring is 1. The van der Waals surface area contributed by atoms with Crippen LogP contribution in [0.5, 0.6) is 0 Å². The average Bonchev–Trinajstić information content (AvgIpc) is 2.71. The summed E-state index contributed by atoms with van der Waals surface area (Å²) in [5.41, 5.74) is 4.89. The van der Waals surface area contributed by atoms with Crippen LogP contribution in [0.3, 0.4) is 0 Å². The van der Waals surface area contributed by atoms with Gasteiger partial charge in [-0.15, -0.1) is 0 Å². The molecule has 1 aliphatic rings.